The van der Waals surface area contributed by atoms with Crippen molar-refractivity contribution in [3.05, 3.63) is 17.7 Å². The van der Waals surface area contributed by atoms with Crippen LogP contribution in [0.1, 0.15) is 10.4 Å². The average Bonchev–Trinajstić information content (AvgIpc) is 2.20. The van der Waals surface area contributed by atoms with Crippen LogP contribution in [0.2, 0.25) is 0 Å². The molecule has 0 atom stereocenters. The summed E-state index contributed by atoms with van der Waals surface area (Å²) in [6.45, 7) is -3.09. The Morgan fingerprint density at radius 1 is 1.38 bits per heavy atom. The van der Waals surface area contributed by atoms with Crippen molar-refractivity contribution in [2.75, 3.05) is 18.6 Å². The molecule has 0 fully saturated rings. The lowest BCUT2D eigenvalue weighted by Crippen LogP contribution is -2.12. The third kappa shape index (κ3) is 2.50. The molecule has 0 bridgehead atoms. The van der Waals surface area contributed by atoms with Gasteiger partial charge in [-0.15, -0.1) is 0 Å². The number of halogens is 2. The van der Waals surface area contributed by atoms with Crippen molar-refractivity contribution < 1.29 is 23.0 Å². The quantitative estimate of drug-likeness (QED) is 0.604. The lowest BCUT2D eigenvalue weighted by atomic mass is 10.1. The van der Waals surface area contributed by atoms with E-state index in [2.05, 4.69) is 9.47 Å². The summed E-state index contributed by atoms with van der Waals surface area (Å²) in [4.78, 5) is 11.3. The normalized spacial score (nSPS) is 10.2. The lowest BCUT2D eigenvalue weighted by Gasteiger charge is -2.12. The van der Waals surface area contributed by atoms with Crippen LogP contribution in [0.3, 0.4) is 0 Å². The molecular formula is C9H10F2N2O3. The number of hydrogen-bond acceptors (Lipinski definition) is 5. The number of esters is 1. The molecule has 0 saturated carbocycles. The van der Waals surface area contributed by atoms with E-state index in [9.17, 15) is 13.6 Å². The zero-order chi connectivity index (χ0) is 12.3. The topological polar surface area (TPSA) is 87.6 Å². The van der Waals surface area contributed by atoms with Crippen LogP contribution in [0.5, 0.6) is 5.75 Å². The SMILES string of the molecule is COC(=O)c1cc(N)cc(N)c1OC(F)F. The van der Waals surface area contributed by atoms with Gasteiger partial charge in [0.25, 0.3) is 0 Å². The van der Waals surface area contributed by atoms with Crippen LogP contribution >= 0.6 is 0 Å². The van der Waals surface area contributed by atoms with Gasteiger partial charge in [0.05, 0.1) is 12.8 Å². The zero-order valence-electron chi connectivity index (χ0n) is 8.37. The summed E-state index contributed by atoms with van der Waals surface area (Å²) in [7, 11) is 1.11. The van der Waals surface area contributed by atoms with Crippen LogP contribution in [0.4, 0.5) is 20.2 Å². The van der Waals surface area contributed by atoms with Gasteiger partial charge in [0.2, 0.25) is 0 Å². The van der Waals surface area contributed by atoms with Gasteiger partial charge in [0.15, 0.2) is 5.75 Å². The third-order valence-corrected chi connectivity index (χ3v) is 1.75. The first-order valence-electron chi connectivity index (χ1n) is 4.17. The van der Waals surface area contributed by atoms with Crippen molar-refractivity contribution in [2.45, 2.75) is 6.61 Å². The van der Waals surface area contributed by atoms with Crippen molar-refractivity contribution >= 4 is 17.3 Å². The number of alkyl halides is 2. The Morgan fingerprint density at radius 3 is 2.50 bits per heavy atom. The molecule has 0 spiro atoms. The van der Waals surface area contributed by atoms with Gasteiger partial charge in [0, 0.05) is 5.69 Å². The van der Waals surface area contributed by atoms with E-state index in [4.69, 9.17) is 11.5 Å². The molecule has 0 aromatic heterocycles. The molecule has 16 heavy (non-hydrogen) atoms. The molecule has 1 aromatic carbocycles. The molecule has 0 saturated heterocycles. The maximum Gasteiger partial charge on any atom is 0.387 e. The molecule has 0 unspecified atom stereocenters. The molecule has 0 aliphatic heterocycles. The van der Waals surface area contributed by atoms with Crippen LogP contribution in [-0.4, -0.2) is 19.7 Å². The maximum absolute atomic E-state index is 12.1. The second kappa shape index (κ2) is 4.65. The number of ether oxygens (including phenoxy) is 2. The number of nitrogen functional groups attached to an aromatic ring is 2. The summed E-state index contributed by atoms with van der Waals surface area (Å²) in [5.74, 6) is -1.29. The summed E-state index contributed by atoms with van der Waals surface area (Å²) in [5.41, 5.74) is 10.6. The Bertz CT molecular complexity index is 410. The van der Waals surface area contributed by atoms with Gasteiger partial charge in [-0.3, -0.25) is 0 Å². The van der Waals surface area contributed by atoms with Crippen molar-refractivity contribution in [3.63, 3.8) is 0 Å². The Balaban J connectivity index is 3.26. The Morgan fingerprint density at radius 2 is 2.00 bits per heavy atom. The molecule has 1 rings (SSSR count). The predicted molar refractivity (Wildman–Crippen MR) is 53.2 cm³/mol. The number of carbonyl (C=O) groups excluding carboxylic acids is 1. The van der Waals surface area contributed by atoms with Gasteiger partial charge < -0.3 is 20.9 Å². The first-order chi connectivity index (χ1) is 7.45. The molecule has 0 amide bonds. The minimum absolute atomic E-state index is 0.152. The van der Waals surface area contributed by atoms with Crippen molar-refractivity contribution in [3.8, 4) is 5.75 Å². The number of carbonyl (C=O) groups is 1. The van der Waals surface area contributed by atoms with Crippen molar-refractivity contribution in [1.82, 2.24) is 0 Å². The molecule has 0 aliphatic carbocycles. The van der Waals surface area contributed by atoms with Crippen LogP contribution in [0.25, 0.3) is 0 Å². The molecule has 0 aliphatic rings. The van der Waals surface area contributed by atoms with Crippen molar-refractivity contribution in [1.29, 1.82) is 0 Å². The Hall–Kier alpha value is -2.05. The molecular weight excluding hydrogens is 222 g/mol. The summed E-state index contributed by atoms with van der Waals surface area (Å²) >= 11 is 0. The standard InChI is InChI=1S/C9H10F2N2O3/c1-15-8(14)5-2-4(12)3-6(13)7(5)16-9(10)11/h2-3,9H,12-13H2,1H3. The van der Waals surface area contributed by atoms with E-state index in [1.54, 1.807) is 0 Å². The molecule has 0 radical (unpaired) electrons. The van der Waals surface area contributed by atoms with Gasteiger partial charge in [-0.25, -0.2) is 4.79 Å². The highest BCUT2D eigenvalue weighted by Crippen LogP contribution is 2.31. The molecule has 5 nitrogen and oxygen atoms in total. The van der Waals surface area contributed by atoms with E-state index in [1.807, 2.05) is 0 Å². The predicted octanol–water partition coefficient (Wildman–Crippen LogP) is 1.24. The van der Waals surface area contributed by atoms with Gasteiger partial charge in [-0.1, -0.05) is 0 Å². The molecule has 4 N–H and O–H groups in total. The minimum atomic E-state index is -3.09. The van der Waals surface area contributed by atoms with E-state index in [1.165, 1.54) is 6.07 Å². The Kier molecular flexibility index (Phi) is 3.49. The van der Waals surface area contributed by atoms with Crippen LogP contribution in [-0.2, 0) is 4.74 Å². The average molecular weight is 232 g/mol. The number of nitrogens with two attached hydrogens (primary N) is 2. The monoisotopic (exact) mass is 232 g/mol. The van der Waals surface area contributed by atoms with Crippen LogP contribution in [0.15, 0.2) is 12.1 Å². The molecule has 88 valence electrons. The summed E-state index contributed by atoms with van der Waals surface area (Å²) in [6.07, 6.45) is 0. The van der Waals surface area contributed by atoms with E-state index >= 15 is 0 Å². The number of anilines is 2. The fraction of sp³-hybridized carbons (Fsp3) is 0.222. The van der Waals surface area contributed by atoms with E-state index in [0.29, 0.717) is 0 Å². The first-order valence-corrected chi connectivity index (χ1v) is 4.17. The maximum atomic E-state index is 12.1. The fourth-order valence-electron chi connectivity index (χ4n) is 1.16. The second-order valence-electron chi connectivity index (χ2n) is 2.86. The number of benzene rings is 1. The van der Waals surface area contributed by atoms with Crippen molar-refractivity contribution in [2.24, 2.45) is 0 Å². The van der Waals surface area contributed by atoms with Gasteiger partial charge >= 0.3 is 12.6 Å². The summed E-state index contributed by atoms with van der Waals surface area (Å²) in [6, 6.07) is 2.37. The largest absolute Gasteiger partial charge is 0.465 e. The van der Waals surface area contributed by atoms with E-state index in [0.717, 1.165) is 13.2 Å². The van der Waals surface area contributed by atoms with E-state index in [-0.39, 0.29) is 16.9 Å². The number of hydrogen-bond donors (Lipinski definition) is 2. The van der Waals surface area contributed by atoms with Gasteiger partial charge in [-0.2, -0.15) is 8.78 Å². The number of rotatable bonds is 3. The Labute approximate surface area is 89.9 Å². The van der Waals surface area contributed by atoms with Crippen LogP contribution < -0.4 is 16.2 Å². The second-order valence-corrected chi connectivity index (χ2v) is 2.86. The fourth-order valence-corrected chi connectivity index (χ4v) is 1.16. The minimum Gasteiger partial charge on any atom is -0.465 e. The molecule has 7 heteroatoms. The van der Waals surface area contributed by atoms with Gasteiger partial charge in [-0.05, 0) is 12.1 Å². The highest BCUT2D eigenvalue weighted by Gasteiger charge is 2.19. The molecule has 1 aromatic rings. The van der Waals surface area contributed by atoms with Crippen LogP contribution in [0, 0.1) is 0 Å². The van der Waals surface area contributed by atoms with E-state index < -0.39 is 18.3 Å². The first kappa shape index (κ1) is 12.0. The third-order valence-electron chi connectivity index (χ3n) is 1.75. The summed E-state index contributed by atoms with van der Waals surface area (Å²) in [5, 5.41) is 0. The molecule has 0 heterocycles. The lowest BCUT2D eigenvalue weighted by molar-refractivity contribution is -0.0498. The summed E-state index contributed by atoms with van der Waals surface area (Å²) < 4.78 is 32.7. The smallest absolute Gasteiger partial charge is 0.387 e. The highest BCUT2D eigenvalue weighted by atomic mass is 19.3. The number of methoxy groups -OCH3 is 1. The zero-order valence-corrected chi connectivity index (χ0v) is 8.37. The van der Waals surface area contributed by atoms with Gasteiger partial charge in [0.1, 0.15) is 5.56 Å². The highest BCUT2D eigenvalue weighted by molar-refractivity contribution is 5.96.